The van der Waals surface area contributed by atoms with Crippen molar-refractivity contribution in [3.63, 3.8) is 0 Å². The second kappa shape index (κ2) is 3.26. The molecule has 1 aromatic carbocycles. The Labute approximate surface area is 89.0 Å². The number of hydrogen-bond acceptors (Lipinski definition) is 3. The third kappa shape index (κ3) is 1.48. The van der Waals surface area contributed by atoms with Crippen LogP contribution in [0, 0.1) is 0 Å². The number of esters is 1. The first-order valence-electron chi connectivity index (χ1n) is 4.92. The smallest absolute Gasteiger partial charge is 0.317 e. The molecule has 0 fully saturated rings. The molecule has 15 heavy (non-hydrogen) atoms. The lowest BCUT2D eigenvalue weighted by atomic mass is 9.87. The van der Waals surface area contributed by atoms with Crippen molar-refractivity contribution in [3.8, 4) is 5.75 Å². The highest BCUT2D eigenvalue weighted by Gasteiger charge is 2.46. The number of fused-ring (bicyclic) bond motifs is 1. The van der Waals surface area contributed by atoms with Crippen molar-refractivity contribution < 1.29 is 14.3 Å². The lowest BCUT2D eigenvalue weighted by molar-refractivity contribution is -0.145. The van der Waals surface area contributed by atoms with Crippen LogP contribution in [0.5, 0.6) is 5.75 Å². The fourth-order valence-electron chi connectivity index (χ4n) is 2.06. The largest absolute Gasteiger partial charge is 0.486 e. The number of ether oxygens (including phenoxy) is 2. The molecule has 0 aromatic heterocycles. The molecule has 1 aromatic rings. The van der Waals surface area contributed by atoms with Crippen molar-refractivity contribution in [2.75, 3.05) is 7.11 Å². The van der Waals surface area contributed by atoms with Crippen LogP contribution in [-0.2, 0) is 9.53 Å². The lowest BCUT2D eigenvalue weighted by Gasteiger charge is -2.24. The molecule has 2 rings (SSSR count). The molecule has 3 nitrogen and oxygen atoms in total. The Bertz CT molecular complexity index is 396. The maximum absolute atomic E-state index is 11.7. The summed E-state index contributed by atoms with van der Waals surface area (Å²) in [6, 6.07) is 7.58. The zero-order valence-corrected chi connectivity index (χ0v) is 9.11. The second-order valence-corrected chi connectivity index (χ2v) is 4.20. The van der Waals surface area contributed by atoms with Crippen molar-refractivity contribution >= 4 is 5.97 Å². The van der Waals surface area contributed by atoms with Gasteiger partial charge in [-0.2, -0.15) is 0 Å². The molecule has 1 aliphatic rings. The van der Waals surface area contributed by atoms with Gasteiger partial charge in [-0.1, -0.05) is 18.2 Å². The van der Waals surface area contributed by atoms with E-state index >= 15 is 0 Å². The van der Waals surface area contributed by atoms with Crippen molar-refractivity contribution in [2.24, 2.45) is 0 Å². The number of hydrogen-bond donors (Lipinski definition) is 0. The summed E-state index contributed by atoms with van der Waals surface area (Å²) in [7, 11) is 1.40. The molecule has 3 heteroatoms. The Balaban J connectivity index is 2.48. The van der Waals surface area contributed by atoms with E-state index in [4.69, 9.17) is 9.47 Å². The molecule has 0 spiro atoms. The summed E-state index contributed by atoms with van der Waals surface area (Å²) in [5, 5.41) is 0. The van der Waals surface area contributed by atoms with E-state index in [0.29, 0.717) is 0 Å². The molecule has 0 bridgehead atoms. The number of carbonyl (C=O) groups excluding carboxylic acids is 1. The zero-order chi connectivity index (χ0) is 11.1. The molecule has 80 valence electrons. The van der Waals surface area contributed by atoms with Crippen LogP contribution in [-0.4, -0.2) is 18.7 Å². The van der Waals surface area contributed by atoms with Crippen molar-refractivity contribution in [2.45, 2.75) is 25.4 Å². The standard InChI is InChI=1S/C12H14O3/c1-12(2)10(11(13)14-3)8-6-4-5-7-9(8)15-12/h4-7,10H,1-3H3. The van der Waals surface area contributed by atoms with E-state index in [2.05, 4.69) is 0 Å². The summed E-state index contributed by atoms with van der Waals surface area (Å²) in [5.41, 5.74) is 0.380. The lowest BCUT2D eigenvalue weighted by Crippen LogP contribution is -2.35. The van der Waals surface area contributed by atoms with Crippen LogP contribution < -0.4 is 4.74 Å². The van der Waals surface area contributed by atoms with Crippen molar-refractivity contribution in [3.05, 3.63) is 29.8 Å². The second-order valence-electron chi connectivity index (χ2n) is 4.20. The molecule has 0 aliphatic carbocycles. The Kier molecular flexibility index (Phi) is 2.18. The Morgan fingerprint density at radius 1 is 1.40 bits per heavy atom. The molecule has 0 saturated carbocycles. The minimum absolute atomic E-state index is 0.245. The average Bonchev–Trinajstić information content (AvgIpc) is 2.46. The van der Waals surface area contributed by atoms with E-state index in [0.717, 1.165) is 11.3 Å². The molecular weight excluding hydrogens is 192 g/mol. The van der Waals surface area contributed by atoms with E-state index in [1.807, 2.05) is 38.1 Å². The Morgan fingerprint density at radius 3 is 2.73 bits per heavy atom. The Hall–Kier alpha value is -1.51. The van der Waals surface area contributed by atoms with Crippen molar-refractivity contribution in [1.82, 2.24) is 0 Å². The van der Waals surface area contributed by atoms with Gasteiger partial charge in [-0.3, -0.25) is 4.79 Å². The fraction of sp³-hybridized carbons (Fsp3) is 0.417. The predicted molar refractivity (Wildman–Crippen MR) is 55.9 cm³/mol. The topological polar surface area (TPSA) is 35.5 Å². The number of methoxy groups -OCH3 is 1. The van der Waals surface area contributed by atoms with Crippen LogP contribution in [0.15, 0.2) is 24.3 Å². The van der Waals surface area contributed by atoms with Gasteiger partial charge >= 0.3 is 5.97 Å². The number of para-hydroxylation sites is 1. The summed E-state index contributed by atoms with van der Waals surface area (Å²) in [6.07, 6.45) is 0. The first-order valence-corrected chi connectivity index (χ1v) is 4.92. The fourth-order valence-corrected chi connectivity index (χ4v) is 2.06. The predicted octanol–water partition coefficient (Wildman–Crippen LogP) is 2.11. The van der Waals surface area contributed by atoms with Crippen LogP contribution in [0.2, 0.25) is 0 Å². The first kappa shape index (κ1) is 10.0. The molecule has 0 amide bonds. The van der Waals surface area contributed by atoms with Gasteiger partial charge in [0.1, 0.15) is 17.3 Å². The quantitative estimate of drug-likeness (QED) is 0.660. The Morgan fingerprint density at radius 2 is 2.07 bits per heavy atom. The minimum atomic E-state index is -0.531. The van der Waals surface area contributed by atoms with Crippen molar-refractivity contribution in [1.29, 1.82) is 0 Å². The minimum Gasteiger partial charge on any atom is -0.486 e. The normalized spacial score (nSPS) is 21.7. The van der Waals surface area contributed by atoms with E-state index in [1.165, 1.54) is 7.11 Å². The molecular formula is C12H14O3. The molecule has 0 N–H and O–H groups in total. The third-order valence-corrected chi connectivity index (χ3v) is 2.74. The van der Waals surface area contributed by atoms with Gasteiger partial charge in [0.15, 0.2) is 0 Å². The van der Waals surface area contributed by atoms with Crippen LogP contribution in [0.3, 0.4) is 0 Å². The molecule has 1 aliphatic heterocycles. The van der Waals surface area contributed by atoms with Gasteiger partial charge < -0.3 is 9.47 Å². The van der Waals surface area contributed by atoms with Gasteiger partial charge in [0.25, 0.3) is 0 Å². The number of rotatable bonds is 1. The average molecular weight is 206 g/mol. The highest BCUT2D eigenvalue weighted by atomic mass is 16.5. The van der Waals surface area contributed by atoms with Crippen LogP contribution >= 0.6 is 0 Å². The third-order valence-electron chi connectivity index (χ3n) is 2.74. The molecule has 0 saturated heterocycles. The molecule has 1 atom stereocenters. The highest BCUT2D eigenvalue weighted by molar-refractivity contribution is 5.82. The van der Waals surface area contributed by atoms with E-state index < -0.39 is 5.60 Å². The summed E-state index contributed by atoms with van der Waals surface area (Å²) < 4.78 is 10.5. The molecule has 1 unspecified atom stereocenters. The highest BCUT2D eigenvalue weighted by Crippen LogP contribution is 2.44. The van der Waals surface area contributed by atoms with Gasteiger partial charge in [0, 0.05) is 5.56 Å². The van der Waals surface area contributed by atoms with Gasteiger partial charge in [-0.15, -0.1) is 0 Å². The number of carbonyl (C=O) groups is 1. The van der Waals surface area contributed by atoms with Gasteiger partial charge in [0.05, 0.1) is 7.11 Å². The maximum atomic E-state index is 11.7. The van der Waals surface area contributed by atoms with Gasteiger partial charge in [0.2, 0.25) is 0 Å². The summed E-state index contributed by atoms with van der Waals surface area (Å²) in [5.74, 6) is 0.196. The van der Waals surface area contributed by atoms with E-state index in [1.54, 1.807) is 0 Å². The summed E-state index contributed by atoms with van der Waals surface area (Å²) in [4.78, 5) is 11.7. The van der Waals surface area contributed by atoms with Crippen LogP contribution in [0.4, 0.5) is 0 Å². The SMILES string of the molecule is COC(=O)C1c2ccccc2OC1(C)C. The zero-order valence-electron chi connectivity index (χ0n) is 9.11. The van der Waals surface area contributed by atoms with Crippen LogP contribution in [0.1, 0.15) is 25.3 Å². The number of benzene rings is 1. The molecule has 0 radical (unpaired) electrons. The summed E-state index contributed by atoms with van der Waals surface area (Å²) >= 11 is 0. The maximum Gasteiger partial charge on any atom is 0.317 e. The summed E-state index contributed by atoms with van der Waals surface area (Å²) in [6.45, 7) is 3.79. The molecule has 1 heterocycles. The van der Waals surface area contributed by atoms with Crippen LogP contribution in [0.25, 0.3) is 0 Å². The van der Waals surface area contributed by atoms with Gasteiger partial charge in [-0.05, 0) is 19.9 Å². The first-order chi connectivity index (χ1) is 7.06. The van der Waals surface area contributed by atoms with E-state index in [9.17, 15) is 4.79 Å². The van der Waals surface area contributed by atoms with Gasteiger partial charge in [-0.25, -0.2) is 0 Å². The monoisotopic (exact) mass is 206 g/mol. The van der Waals surface area contributed by atoms with E-state index in [-0.39, 0.29) is 11.9 Å².